The second-order valence-electron chi connectivity index (χ2n) is 6.79. The van der Waals surface area contributed by atoms with E-state index in [0.717, 1.165) is 11.3 Å². The van der Waals surface area contributed by atoms with Crippen molar-refractivity contribution in [2.75, 3.05) is 0 Å². The van der Waals surface area contributed by atoms with Gasteiger partial charge in [-0.15, -0.1) is 13.2 Å². The molecule has 2 aromatic carbocycles. The average Bonchev–Trinajstić information content (AvgIpc) is 2.92. The van der Waals surface area contributed by atoms with Crippen LogP contribution in [0, 0.1) is 6.92 Å². The number of rotatable bonds is 6. The lowest BCUT2D eigenvalue weighted by Crippen LogP contribution is -2.17. The van der Waals surface area contributed by atoms with Crippen molar-refractivity contribution in [2.24, 2.45) is 5.73 Å². The Kier molecular flexibility index (Phi) is 6.12. The number of aromatic nitrogens is 1. The Hall–Kier alpha value is -2.93. The second-order valence-corrected chi connectivity index (χ2v) is 7.23. The van der Waals surface area contributed by atoms with Crippen molar-refractivity contribution in [1.82, 2.24) is 4.57 Å². The van der Waals surface area contributed by atoms with Crippen LogP contribution in [0.2, 0.25) is 5.02 Å². The molecule has 1 heterocycles. The summed E-state index contributed by atoms with van der Waals surface area (Å²) in [4.78, 5) is 12.3. The van der Waals surface area contributed by atoms with Gasteiger partial charge in [0.05, 0.1) is 5.56 Å². The molecule has 0 atom stereocenters. The van der Waals surface area contributed by atoms with Crippen LogP contribution in [-0.2, 0) is 13.0 Å². The molecule has 0 saturated heterocycles. The molecular formula is C22H20ClF3N2O2. The molecule has 0 bridgehead atoms. The Morgan fingerprint density at radius 1 is 1.17 bits per heavy atom. The number of carbonyl (C=O) groups is 1. The fraction of sp³-hybridized carbons (Fsp3) is 0.227. The van der Waals surface area contributed by atoms with Gasteiger partial charge in [-0.3, -0.25) is 4.79 Å². The minimum absolute atomic E-state index is 0.276. The number of nitrogens with two attached hydrogens (primary N) is 1. The molecule has 1 amide bonds. The van der Waals surface area contributed by atoms with Gasteiger partial charge in [0.1, 0.15) is 5.75 Å². The van der Waals surface area contributed by atoms with Crippen molar-refractivity contribution < 1.29 is 22.7 Å². The molecule has 0 aliphatic carbocycles. The second kappa shape index (κ2) is 8.44. The van der Waals surface area contributed by atoms with Crippen LogP contribution in [0.4, 0.5) is 13.2 Å². The van der Waals surface area contributed by atoms with Gasteiger partial charge >= 0.3 is 6.36 Å². The van der Waals surface area contributed by atoms with Crippen molar-refractivity contribution in [3.8, 4) is 16.9 Å². The maximum absolute atomic E-state index is 12.7. The maximum atomic E-state index is 12.7. The van der Waals surface area contributed by atoms with Gasteiger partial charge in [-0.1, -0.05) is 42.8 Å². The summed E-state index contributed by atoms with van der Waals surface area (Å²) in [6.45, 7) is 4.12. The molecule has 158 valence electrons. The van der Waals surface area contributed by atoms with E-state index in [1.165, 1.54) is 18.2 Å². The maximum Gasteiger partial charge on any atom is 0.573 e. The lowest BCUT2D eigenvalue weighted by molar-refractivity contribution is -0.274. The highest BCUT2D eigenvalue weighted by molar-refractivity contribution is 6.30. The van der Waals surface area contributed by atoms with E-state index < -0.39 is 12.3 Å². The highest BCUT2D eigenvalue weighted by Gasteiger charge is 2.31. The van der Waals surface area contributed by atoms with Crippen LogP contribution in [0.1, 0.15) is 34.2 Å². The Morgan fingerprint density at radius 2 is 1.87 bits per heavy atom. The number of halogens is 4. The lowest BCUT2D eigenvalue weighted by atomic mass is 9.98. The molecular weight excluding hydrogens is 417 g/mol. The van der Waals surface area contributed by atoms with Gasteiger partial charge in [-0.2, -0.15) is 0 Å². The number of carbonyl (C=O) groups excluding carboxylic acids is 1. The van der Waals surface area contributed by atoms with Crippen molar-refractivity contribution in [3.63, 3.8) is 0 Å². The van der Waals surface area contributed by atoms with Crippen LogP contribution in [0.25, 0.3) is 11.1 Å². The number of nitrogens with zero attached hydrogens (tertiary/aromatic N) is 1. The smallest absolute Gasteiger partial charge is 0.406 e. The predicted molar refractivity (Wildman–Crippen MR) is 110 cm³/mol. The summed E-state index contributed by atoms with van der Waals surface area (Å²) in [7, 11) is 0. The van der Waals surface area contributed by atoms with Crippen LogP contribution in [0.15, 0.2) is 48.5 Å². The van der Waals surface area contributed by atoms with E-state index in [1.54, 1.807) is 19.1 Å². The van der Waals surface area contributed by atoms with Crippen molar-refractivity contribution >= 4 is 17.5 Å². The first-order valence-corrected chi connectivity index (χ1v) is 9.61. The zero-order valence-electron chi connectivity index (χ0n) is 16.4. The van der Waals surface area contributed by atoms with Gasteiger partial charge in [0.25, 0.3) is 5.91 Å². The highest BCUT2D eigenvalue weighted by atomic mass is 35.5. The zero-order valence-corrected chi connectivity index (χ0v) is 17.1. The van der Waals surface area contributed by atoms with E-state index in [9.17, 15) is 18.0 Å². The molecule has 0 saturated carbocycles. The quantitative estimate of drug-likeness (QED) is 0.536. The number of ether oxygens (including phenoxy) is 1. The van der Waals surface area contributed by atoms with Gasteiger partial charge in [0, 0.05) is 28.5 Å². The van der Waals surface area contributed by atoms with E-state index >= 15 is 0 Å². The number of hydrogen-bond donors (Lipinski definition) is 1. The molecule has 3 rings (SSSR count). The van der Waals surface area contributed by atoms with Gasteiger partial charge < -0.3 is 15.0 Å². The van der Waals surface area contributed by atoms with Crippen molar-refractivity contribution in [1.29, 1.82) is 0 Å². The third-order valence-electron chi connectivity index (χ3n) is 4.80. The third kappa shape index (κ3) is 4.62. The molecule has 8 heteroatoms. The Balaban J connectivity index is 2.17. The first kappa shape index (κ1) is 21.8. The third-order valence-corrected chi connectivity index (χ3v) is 5.03. The zero-order chi connectivity index (χ0) is 22.1. The Labute approximate surface area is 177 Å². The highest BCUT2D eigenvalue weighted by Crippen LogP contribution is 2.36. The van der Waals surface area contributed by atoms with Crippen molar-refractivity contribution in [2.45, 2.75) is 33.2 Å². The molecule has 0 fully saturated rings. The van der Waals surface area contributed by atoms with Gasteiger partial charge in [0.15, 0.2) is 0 Å². The SMILES string of the molecule is CCc1c(-c2cccc(OC(F)(F)F)c2)c(C(N)=O)c(C)n1Cc1cccc(Cl)c1. The number of alkyl halides is 3. The predicted octanol–water partition coefficient (Wildman–Crippen LogP) is 5.73. The minimum atomic E-state index is -4.81. The fourth-order valence-electron chi connectivity index (χ4n) is 3.66. The minimum Gasteiger partial charge on any atom is -0.406 e. The summed E-state index contributed by atoms with van der Waals surface area (Å²) in [6.07, 6.45) is -4.28. The van der Waals surface area contributed by atoms with Crippen LogP contribution in [0.5, 0.6) is 5.75 Å². The Morgan fingerprint density at radius 3 is 2.47 bits per heavy atom. The average molecular weight is 437 g/mol. The molecule has 0 radical (unpaired) electrons. The number of hydrogen-bond acceptors (Lipinski definition) is 2. The normalized spacial score (nSPS) is 11.5. The number of amides is 1. The molecule has 1 aromatic heterocycles. The van der Waals surface area contributed by atoms with E-state index in [1.807, 2.05) is 29.7 Å². The largest absolute Gasteiger partial charge is 0.573 e. The van der Waals surface area contributed by atoms with Crippen LogP contribution >= 0.6 is 11.6 Å². The van der Waals surface area contributed by atoms with Crippen LogP contribution in [-0.4, -0.2) is 16.8 Å². The summed E-state index contributed by atoms with van der Waals surface area (Å²) in [5.74, 6) is -1.01. The fourth-order valence-corrected chi connectivity index (χ4v) is 3.87. The van der Waals surface area contributed by atoms with E-state index in [-0.39, 0.29) is 11.3 Å². The molecule has 30 heavy (non-hydrogen) atoms. The van der Waals surface area contributed by atoms with Crippen LogP contribution in [0.3, 0.4) is 0 Å². The topological polar surface area (TPSA) is 57.2 Å². The van der Waals surface area contributed by atoms with E-state index in [4.69, 9.17) is 17.3 Å². The molecule has 3 aromatic rings. The molecule has 2 N–H and O–H groups in total. The number of primary amides is 1. The van der Waals surface area contributed by atoms with Gasteiger partial charge in [0.2, 0.25) is 0 Å². The summed E-state index contributed by atoms with van der Waals surface area (Å²) in [6, 6.07) is 12.9. The molecule has 4 nitrogen and oxygen atoms in total. The van der Waals surface area contributed by atoms with Gasteiger partial charge in [-0.25, -0.2) is 0 Å². The van der Waals surface area contributed by atoms with E-state index in [2.05, 4.69) is 4.74 Å². The molecule has 0 spiro atoms. The molecule has 0 aliphatic heterocycles. The standard InChI is InChI=1S/C22H20ClF3N2O2/c1-3-18-20(15-7-5-9-17(11-15)30-22(24,25)26)19(21(27)29)13(2)28(18)12-14-6-4-8-16(23)10-14/h4-11H,3,12H2,1-2H3,(H2,27,29). The summed E-state index contributed by atoms with van der Waals surface area (Å²) >= 11 is 6.09. The van der Waals surface area contributed by atoms with E-state index in [0.29, 0.717) is 34.8 Å². The first-order chi connectivity index (χ1) is 14.1. The summed E-state index contributed by atoms with van der Waals surface area (Å²) in [5, 5.41) is 0.586. The summed E-state index contributed by atoms with van der Waals surface area (Å²) in [5.41, 5.74) is 9.22. The summed E-state index contributed by atoms with van der Waals surface area (Å²) < 4.78 is 44.0. The van der Waals surface area contributed by atoms with Crippen molar-refractivity contribution in [3.05, 3.63) is 76.1 Å². The Bertz CT molecular complexity index is 1090. The monoisotopic (exact) mass is 436 g/mol. The molecule has 0 aliphatic rings. The first-order valence-electron chi connectivity index (χ1n) is 9.23. The lowest BCUT2D eigenvalue weighted by Gasteiger charge is -2.13. The number of benzene rings is 2. The molecule has 0 unspecified atom stereocenters. The van der Waals surface area contributed by atoms with Crippen LogP contribution < -0.4 is 10.5 Å². The van der Waals surface area contributed by atoms with Gasteiger partial charge in [-0.05, 0) is 48.7 Å².